The van der Waals surface area contributed by atoms with Crippen LogP contribution in [0.2, 0.25) is 0 Å². The molecule has 0 saturated carbocycles. The molecular formula is C61H41N2O2P. The van der Waals surface area contributed by atoms with Gasteiger partial charge < -0.3 is 18.8 Å². The number of nitrogens with zero attached hydrogens (tertiary/aromatic N) is 2. The Morgan fingerprint density at radius 3 is 1.74 bits per heavy atom. The smallest absolute Gasteiger partial charge is 0.171 e. The lowest BCUT2D eigenvalue weighted by Crippen LogP contribution is -2.49. The molecule has 312 valence electrons. The zero-order valence-electron chi connectivity index (χ0n) is 35.8. The van der Waals surface area contributed by atoms with Gasteiger partial charge in [-0.1, -0.05) is 170 Å². The van der Waals surface area contributed by atoms with Gasteiger partial charge in [-0.2, -0.15) is 0 Å². The second kappa shape index (κ2) is 15.0. The molecule has 0 radical (unpaired) electrons. The van der Waals surface area contributed by atoms with Crippen molar-refractivity contribution in [1.82, 2.24) is 0 Å². The third kappa shape index (κ3) is 5.55. The molecule has 1 aromatic heterocycles. The molecule has 5 heteroatoms. The van der Waals surface area contributed by atoms with E-state index in [1.807, 2.05) is 48.5 Å². The molecule has 1 spiro atoms. The topological polar surface area (TPSA) is 36.7 Å². The maximum absolute atomic E-state index is 16.7. The number of hydrogen-bond acceptors (Lipinski definition) is 4. The van der Waals surface area contributed by atoms with Gasteiger partial charge in [-0.05, 0) is 112 Å². The summed E-state index contributed by atoms with van der Waals surface area (Å²) >= 11 is 0. The third-order valence-corrected chi connectivity index (χ3v) is 16.8. The van der Waals surface area contributed by atoms with E-state index in [0.29, 0.717) is 0 Å². The van der Waals surface area contributed by atoms with Crippen LogP contribution in [0.1, 0.15) is 22.3 Å². The maximum Gasteiger partial charge on any atom is 0.171 e. The van der Waals surface area contributed by atoms with E-state index in [1.54, 1.807) is 0 Å². The quantitative estimate of drug-likeness (QED) is 0.156. The fourth-order valence-corrected chi connectivity index (χ4v) is 14.1. The first-order chi connectivity index (χ1) is 32.6. The Balaban J connectivity index is 1.12. The first kappa shape index (κ1) is 38.3. The SMILES string of the molecule is O=P1(c2ccccc2)c2ccccc2[C@@]2(c3ccccc3N(c3ccccc3)c3cc(-c4cccc(N(c5ccccc5)c5ccccc5)c4)ccc32)c2cc3c(cc21)oc1ccccc13. The van der Waals surface area contributed by atoms with E-state index in [2.05, 4.69) is 210 Å². The number of benzene rings is 10. The van der Waals surface area contributed by atoms with E-state index in [-0.39, 0.29) is 0 Å². The number of furan rings is 1. The van der Waals surface area contributed by atoms with Gasteiger partial charge in [0.15, 0.2) is 7.14 Å². The maximum atomic E-state index is 16.7. The van der Waals surface area contributed by atoms with Crippen molar-refractivity contribution in [1.29, 1.82) is 0 Å². The Bertz CT molecular complexity index is 3660. The second-order valence-electron chi connectivity index (χ2n) is 17.2. The zero-order valence-corrected chi connectivity index (χ0v) is 36.7. The Labute approximate surface area is 383 Å². The summed E-state index contributed by atoms with van der Waals surface area (Å²) in [6, 6.07) is 87.6. The normalized spacial score (nSPS) is 16.9. The summed E-state index contributed by atoms with van der Waals surface area (Å²) in [6.07, 6.45) is 0. The largest absolute Gasteiger partial charge is 0.456 e. The van der Waals surface area contributed by atoms with Crippen molar-refractivity contribution in [3.05, 3.63) is 271 Å². The van der Waals surface area contributed by atoms with Crippen molar-refractivity contribution in [3.63, 3.8) is 0 Å². The minimum Gasteiger partial charge on any atom is -0.456 e. The molecule has 0 amide bonds. The van der Waals surface area contributed by atoms with Crippen molar-refractivity contribution >= 4 is 79.1 Å². The van der Waals surface area contributed by atoms with Gasteiger partial charge in [0.25, 0.3) is 0 Å². The Morgan fingerprint density at radius 2 is 0.985 bits per heavy atom. The minimum atomic E-state index is -3.48. The van der Waals surface area contributed by atoms with E-state index in [0.717, 1.165) is 105 Å². The lowest BCUT2D eigenvalue weighted by atomic mass is 9.61. The van der Waals surface area contributed by atoms with Gasteiger partial charge in [0.1, 0.15) is 11.2 Å². The molecule has 13 rings (SSSR count). The predicted octanol–water partition coefficient (Wildman–Crippen LogP) is 14.8. The van der Waals surface area contributed by atoms with Crippen molar-refractivity contribution in [3.8, 4) is 11.1 Å². The average molecular weight is 865 g/mol. The number of rotatable bonds is 6. The highest BCUT2D eigenvalue weighted by Gasteiger charge is 2.55. The minimum absolute atomic E-state index is 0.728. The van der Waals surface area contributed by atoms with Crippen LogP contribution in [0.3, 0.4) is 0 Å². The number of fused-ring (bicyclic) bond motifs is 11. The van der Waals surface area contributed by atoms with Gasteiger partial charge in [-0.25, -0.2) is 0 Å². The Hall–Kier alpha value is -8.17. The predicted molar refractivity (Wildman–Crippen MR) is 273 cm³/mol. The zero-order chi connectivity index (χ0) is 43.8. The van der Waals surface area contributed by atoms with Gasteiger partial charge in [0.2, 0.25) is 0 Å². The standard InChI is InChI=1S/C61H41N2O2P/c64-66(48-28-11-4-12-29-48)59-35-18-15-32-53(59)61(54-40-50-49-30-13-17-34-57(49)65-58(50)41-60(54)66)51-31-14-16-33-55(51)63(46-25-9-3-10-26-46)56-39-43(36-37-52(56)61)42-20-19-27-47(38-42)62(44-21-5-1-6-22-44)45-23-7-2-8-24-45/h1-41H/t61-,66?/m0/s1. The van der Waals surface area contributed by atoms with Crippen LogP contribution >= 0.6 is 7.14 Å². The lowest BCUT2D eigenvalue weighted by Gasteiger charge is -2.50. The fourth-order valence-electron chi connectivity index (χ4n) is 10.9. The van der Waals surface area contributed by atoms with Crippen molar-refractivity contribution in [2.45, 2.75) is 5.41 Å². The molecule has 4 nitrogen and oxygen atoms in total. The van der Waals surface area contributed by atoms with Crippen LogP contribution in [-0.2, 0) is 9.98 Å². The summed E-state index contributed by atoms with van der Waals surface area (Å²) in [5, 5.41) is 4.47. The van der Waals surface area contributed by atoms with Crippen molar-refractivity contribution in [2.24, 2.45) is 0 Å². The molecule has 3 heterocycles. The van der Waals surface area contributed by atoms with E-state index < -0.39 is 12.6 Å². The monoisotopic (exact) mass is 864 g/mol. The third-order valence-electron chi connectivity index (χ3n) is 13.7. The first-order valence-electron chi connectivity index (χ1n) is 22.4. The summed E-state index contributed by atoms with van der Waals surface area (Å²) < 4.78 is 23.4. The van der Waals surface area contributed by atoms with Crippen molar-refractivity contribution in [2.75, 3.05) is 9.80 Å². The molecular weight excluding hydrogens is 824 g/mol. The van der Waals surface area contributed by atoms with Gasteiger partial charge in [0, 0.05) is 49.4 Å². The Kier molecular flexibility index (Phi) is 8.68. The van der Waals surface area contributed by atoms with E-state index >= 15 is 4.57 Å². The lowest BCUT2D eigenvalue weighted by molar-refractivity contribution is 0.590. The van der Waals surface area contributed by atoms with Gasteiger partial charge in [0.05, 0.1) is 16.8 Å². The molecule has 0 N–H and O–H groups in total. The van der Waals surface area contributed by atoms with Crippen LogP contribution in [0.4, 0.5) is 34.1 Å². The molecule has 0 bridgehead atoms. The molecule has 11 aromatic rings. The average Bonchev–Trinajstić information content (AvgIpc) is 3.76. The van der Waals surface area contributed by atoms with E-state index in [4.69, 9.17) is 4.42 Å². The van der Waals surface area contributed by atoms with Crippen molar-refractivity contribution < 1.29 is 8.98 Å². The van der Waals surface area contributed by atoms with Crippen LogP contribution in [0.25, 0.3) is 33.1 Å². The molecule has 10 aromatic carbocycles. The number of anilines is 6. The molecule has 0 aliphatic carbocycles. The van der Waals surface area contributed by atoms with Gasteiger partial charge in [-0.3, -0.25) is 0 Å². The molecule has 2 atom stereocenters. The highest BCUT2D eigenvalue weighted by Crippen LogP contribution is 2.63. The van der Waals surface area contributed by atoms with Gasteiger partial charge in [-0.15, -0.1) is 0 Å². The molecule has 2 aliphatic rings. The first-order valence-corrected chi connectivity index (χ1v) is 24.1. The van der Waals surface area contributed by atoms with Crippen LogP contribution in [0.15, 0.2) is 253 Å². The summed E-state index contributed by atoms with van der Waals surface area (Å²) in [4.78, 5) is 4.73. The fraction of sp³-hybridized carbons (Fsp3) is 0.0164. The molecule has 2 aliphatic heterocycles. The van der Waals surface area contributed by atoms with E-state index in [9.17, 15) is 0 Å². The van der Waals surface area contributed by atoms with Crippen LogP contribution in [-0.4, -0.2) is 0 Å². The summed E-state index contributed by atoms with van der Waals surface area (Å²) in [5.74, 6) is 0. The molecule has 0 fully saturated rings. The van der Waals surface area contributed by atoms with E-state index in [1.165, 1.54) is 0 Å². The highest BCUT2D eigenvalue weighted by molar-refractivity contribution is 7.85. The highest BCUT2D eigenvalue weighted by atomic mass is 31.2. The number of para-hydroxylation sites is 5. The number of hydrogen-bond donors (Lipinski definition) is 0. The molecule has 1 unspecified atom stereocenters. The van der Waals surface area contributed by atoms with Crippen LogP contribution < -0.4 is 25.7 Å². The molecule has 66 heavy (non-hydrogen) atoms. The second-order valence-corrected chi connectivity index (χ2v) is 19.9. The summed E-state index contributed by atoms with van der Waals surface area (Å²) in [6.45, 7) is 0. The molecule has 0 saturated heterocycles. The van der Waals surface area contributed by atoms with Gasteiger partial charge >= 0.3 is 0 Å². The van der Waals surface area contributed by atoms with Crippen LogP contribution in [0.5, 0.6) is 0 Å². The Morgan fingerprint density at radius 1 is 0.394 bits per heavy atom. The summed E-state index contributed by atoms with van der Waals surface area (Å²) in [5.41, 5.74) is 13.5. The summed E-state index contributed by atoms with van der Waals surface area (Å²) in [7, 11) is -3.48. The van der Waals surface area contributed by atoms with Crippen LogP contribution in [0, 0.1) is 0 Å².